The summed E-state index contributed by atoms with van der Waals surface area (Å²) in [6.07, 6.45) is 2.08. The summed E-state index contributed by atoms with van der Waals surface area (Å²) in [6.45, 7) is 5.44. The normalized spacial score (nSPS) is 13.7. The number of urea groups is 1. The fourth-order valence-corrected chi connectivity index (χ4v) is 2.15. The molecule has 18 heavy (non-hydrogen) atoms. The van der Waals surface area contributed by atoms with E-state index in [0.717, 1.165) is 9.88 Å². The maximum atomic E-state index is 11.6. The first kappa shape index (κ1) is 14.4. The van der Waals surface area contributed by atoms with Gasteiger partial charge in [0.05, 0.1) is 6.04 Å². The Morgan fingerprint density at radius 1 is 1.50 bits per heavy atom. The molecule has 0 saturated carbocycles. The van der Waals surface area contributed by atoms with E-state index in [1.54, 1.807) is 20.0 Å². The molecule has 0 aliphatic carbocycles. The van der Waals surface area contributed by atoms with Gasteiger partial charge in [-0.1, -0.05) is 6.92 Å². The van der Waals surface area contributed by atoms with E-state index in [2.05, 4.69) is 15.6 Å². The highest BCUT2D eigenvalue weighted by Gasteiger charge is 2.19. The average Bonchev–Trinajstić information content (AvgIpc) is 2.72. The van der Waals surface area contributed by atoms with Crippen LogP contribution in [0.15, 0.2) is 6.20 Å². The maximum absolute atomic E-state index is 11.6. The Hall–Kier alpha value is -1.63. The van der Waals surface area contributed by atoms with Crippen LogP contribution < -0.4 is 10.6 Å². The summed E-state index contributed by atoms with van der Waals surface area (Å²) in [6, 6.07) is -1.60. The van der Waals surface area contributed by atoms with E-state index in [-0.39, 0.29) is 6.04 Å². The van der Waals surface area contributed by atoms with Gasteiger partial charge in [0.1, 0.15) is 11.0 Å². The number of carbonyl (C=O) groups excluding carboxylic acids is 1. The predicted molar refractivity (Wildman–Crippen MR) is 68.6 cm³/mol. The fourth-order valence-electron chi connectivity index (χ4n) is 1.37. The summed E-state index contributed by atoms with van der Waals surface area (Å²) in [5, 5.41) is 14.7. The zero-order valence-corrected chi connectivity index (χ0v) is 11.4. The number of hydrogen-bond acceptors (Lipinski definition) is 4. The lowest BCUT2D eigenvalue weighted by molar-refractivity contribution is -0.139. The zero-order chi connectivity index (χ0) is 13.7. The lowest BCUT2D eigenvalue weighted by Gasteiger charge is -2.16. The van der Waals surface area contributed by atoms with E-state index < -0.39 is 18.0 Å². The quantitative estimate of drug-likeness (QED) is 0.759. The van der Waals surface area contributed by atoms with Gasteiger partial charge in [-0.25, -0.2) is 14.6 Å². The first-order valence-electron chi connectivity index (χ1n) is 5.66. The van der Waals surface area contributed by atoms with Gasteiger partial charge in [-0.05, 0) is 20.3 Å². The summed E-state index contributed by atoms with van der Waals surface area (Å²) in [5.41, 5.74) is 0. The van der Waals surface area contributed by atoms with Crippen molar-refractivity contribution in [3.05, 3.63) is 16.1 Å². The number of aliphatic carboxylic acids is 1. The lowest BCUT2D eigenvalue weighted by atomic mass is 10.2. The van der Waals surface area contributed by atoms with Crippen LogP contribution in [0.2, 0.25) is 0 Å². The molecule has 0 bridgehead atoms. The first-order valence-corrected chi connectivity index (χ1v) is 6.47. The van der Waals surface area contributed by atoms with Crippen molar-refractivity contribution < 1.29 is 14.7 Å². The molecule has 1 aromatic heterocycles. The number of rotatable bonds is 5. The van der Waals surface area contributed by atoms with Gasteiger partial charge < -0.3 is 15.7 Å². The Labute approximate surface area is 109 Å². The van der Waals surface area contributed by atoms with E-state index in [1.165, 1.54) is 11.3 Å². The molecule has 1 heterocycles. The largest absolute Gasteiger partial charge is 0.480 e. The Morgan fingerprint density at radius 2 is 2.17 bits per heavy atom. The molecule has 100 valence electrons. The van der Waals surface area contributed by atoms with Gasteiger partial charge in [0, 0.05) is 11.1 Å². The molecule has 6 nitrogen and oxygen atoms in total. The summed E-state index contributed by atoms with van der Waals surface area (Å²) in [5.74, 6) is -1.04. The van der Waals surface area contributed by atoms with Crippen molar-refractivity contribution in [1.82, 2.24) is 15.6 Å². The van der Waals surface area contributed by atoms with Crippen LogP contribution in [0, 0.1) is 6.92 Å². The number of carbonyl (C=O) groups is 2. The number of carboxylic acids is 1. The Bertz CT molecular complexity index is 433. The molecular formula is C11H17N3O3S. The minimum atomic E-state index is -1.04. The molecule has 0 spiro atoms. The Morgan fingerprint density at radius 3 is 2.61 bits per heavy atom. The fraction of sp³-hybridized carbons (Fsp3) is 0.545. The molecule has 1 unspecified atom stereocenters. The van der Waals surface area contributed by atoms with Crippen LogP contribution in [0.5, 0.6) is 0 Å². The topological polar surface area (TPSA) is 91.3 Å². The van der Waals surface area contributed by atoms with Crippen LogP contribution in [0.25, 0.3) is 0 Å². The number of thiazole rings is 1. The lowest BCUT2D eigenvalue weighted by Crippen LogP contribution is -2.46. The molecule has 2 atom stereocenters. The third-order valence-electron chi connectivity index (χ3n) is 2.37. The average molecular weight is 271 g/mol. The minimum Gasteiger partial charge on any atom is -0.480 e. The van der Waals surface area contributed by atoms with Crippen LogP contribution in [-0.2, 0) is 4.79 Å². The molecule has 0 saturated heterocycles. The molecule has 0 fully saturated rings. The monoisotopic (exact) mass is 271 g/mol. The Kier molecular flexibility index (Phi) is 5.08. The van der Waals surface area contributed by atoms with Crippen molar-refractivity contribution in [2.75, 3.05) is 0 Å². The van der Waals surface area contributed by atoms with E-state index in [0.29, 0.717) is 6.42 Å². The van der Waals surface area contributed by atoms with Crippen LogP contribution in [0.3, 0.4) is 0 Å². The Balaban J connectivity index is 2.52. The highest BCUT2D eigenvalue weighted by molar-refractivity contribution is 7.11. The van der Waals surface area contributed by atoms with Crippen LogP contribution >= 0.6 is 11.3 Å². The number of aryl methyl sites for hydroxylation is 1. The number of nitrogens with one attached hydrogen (secondary N) is 2. The summed E-state index contributed by atoms with van der Waals surface area (Å²) in [7, 11) is 0. The second-order valence-electron chi connectivity index (χ2n) is 3.95. The molecule has 1 aromatic rings. The SMILES string of the molecule is CC[C@H](NC(=O)NC(C)c1ncc(C)s1)C(=O)O. The summed E-state index contributed by atoms with van der Waals surface area (Å²) >= 11 is 1.50. The van der Waals surface area contributed by atoms with Gasteiger partial charge in [0.25, 0.3) is 0 Å². The molecule has 0 radical (unpaired) electrons. The van der Waals surface area contributed by atoms with Crippen molar-refractivity contribution in [3.8, 4) is 0 Å². The van der Waals surface area contributed by atoms with Crippen LogP contribution in [0.1, 0.15) is 36.2 Å². The standard InChI is InChI=1S/C11H17N3O3S/c1-4-8(10(15)16)14-11(17)13-7(3)9-12-5-6(2)18-9/h5,7-8H,4H2,1-3H3,(H,15,16)(H2,13,14,17)/t7?,8-/m0/s1. The van der Waals surface area contributed by atoms with Crippen molar-refractivity contribution in [1.29, 1.82) is 0 Å². The molecular weight excluding hydrogens is 254 g/mol. The number of hydrogen-bond donors (Lipinski definition) is 3. The second kappa shape index (κ2) is 6.34. The van der Waals surface area contributed by atoms with Gasteiger partial charge in [-0.3, -0.25) is 0 Å². The highest BCUT2D eigenvalue weighted by atomic mass is 32.1. The maximum Gasteiger partial charge on any atom is 0.326 e. The number of amides is 2. The zero-order valence-electron chi connectivity index (χ0n) is 10.6. The minimum absolute atomic E-state index is 0.241. The van der Waals surface area contributed by atoms with Gasteiger partial charge in [0.15, 0.2) is 0 Å². The summed E-state index contributed by atoms with van der Waals surface area (Å²) in [4.78, 5) is 27.6. The van der Waals surface area contributed by atoms with Crippen molar-refractivity contribution >= 4 is 23.3 Å². The van der Waals surface area contributed by atoms with Gasteiger partial charge in [-0.15, -0.1) is 11.3 Å². The molecule has 0 aromatic carbocycles. The predicted octanol–water partition coefficient (Wildman–Crippen LogP) is 1.67. The number of nitrogens with zero attached hydrogens (tertiary/aromatic N) is 1. The van der Waals surface area contributed by atoms with E-state index >= 15 is 0 Å². The molecule has 1 rings (SSSR count). The molecule has 2 amide bonds. The van der Waals surface area contributed by atoms with Gasteiger partial charge in [0.2, 0.25) is 0 Å². The van der Waals surface area contributed by atoms with E-state index in [9.17, 15) is 9.59 Å². The van der Waals surface area contributed by atoms with Gasteiger partial charge >= 0.3 is 12.0 Å². The highest BCUT2D eigenvalue weighted by Crippen LogP contribution is 2.18. The second-order valence-corrected chi connectivity index (χ2v) is 5.21. The van der Waals surface area contributed by atoms with Gasteiger partial charge in [-0.2, -0.15) is 0 Å². The molecule has 0 aliphatic rings. The molecule has 3 N–H and O–H groups in total. The van der Waals surface area contributed by atoms with E-state index in [1.807, 2.05) is 6.92 Å². The molecule has 0 aliphatic heterocycles. The van der Waals surface area contributed by atoms with Crippen molar-refractivity contribution in [2.24, 2.45) is 0 Å². The van der Waals surface area contributed by atoms with Crippen molar-refractivity contribution in [2.45, 2.75) is 39.3 Å². The van der Waals surface area contributed by atoms with Crippen LogP contribution in [0.4, 0.5) is 4.79 Å². The smallest absolute Gasteiger partial charge is 0.326 e. The number of aromatic nitrogens is 1. The summed E-state index contributed by atoms with van der Waals surface area (Å²) < 4.78 is 0. The number of carboxylic acid groups (broad SMARTS) is 1. The first-order chi connectivity index (χ1) is 8.43. The van der Waals surface area contributed by atoms with Crippen molar-refractivity contribution in [3.63, 3.8) is 0 Å². The van der Waals surface area contributed by atoms with E-state index in [4.69, 9.17) is 5.11 Å². The third kappa shape index (κ3) is 3.99. The van der Waals surface area contributed by atoms with Crippen LogP contribution in [-0.4, -0.2) is 28.1 Å². The third-order valence-corrected chi connectivity index (χ3v) is 3.46. The molecule has 7 heteroatoms.